The van der Waals surface area contributed by atoms with Crippen LogP contribution in [0, 0.1) is 0 Å². The molecule has 1 aromatic rings. The lowest BCUT2D eigenvalue weighted by Gasteiger charge is -2.23. The molecule has 0 radical (unpaired) electrons. The fourth-order valence-corrected chi connectivity index (χ4v) is 2.96. The minimum atomic E-state index is -0.144. The van der Waals surface area contributed by atoms with E-state index in [4.69, 9.17) is 0 Å². The van der Waals surface area contributed by atoms with E-state index < -0.39 is 0 Å². The first kappa shape index (κ1) is 14.5. The van der Waals surface area contributed by atoms with Crippen LogP contribution in [0.15, 0.2) is 30.3 Å². The Hall–Kier alpha value is -0.860. The lowest BCUT2D eigenvalue weighted by Crippen LogP contribution is -2.39. The monoisotopic (exact) mass is 261 g/mol. The van der Waals surface area contributed by atoms with Gasteiger partial charge in [-0.15, -0.1) is 0 Å². The topological polar surface area (TPSA) is 32.3 Å². The van der Waals surface area contributed by atoms with Gasteiger partial charge in [-0.1, -0.05) is 56.5 Å². The molecule has 0 heterocycles. The van der Waals surface area contributed by atoms with Gasteiger partial charge in [0.1, 0.15) is 0 Å². The molecule has 106 valence electrons. The number of nitrogens with one attached hydrogen (secondary N) is 1. The van der Waals surface area contributed by atoms with Crippen LogP contribution in [0.1, 0.15) is 56.9 Å². The van der Waals surface area contributed by atoms with E-state index in [1.807, 2.05) is 0 Å². The molecule has 1 aromatic carbocycles. The molecule has 1 aliphatic carbocycles. The largest absolute Gasteiger partial charge is 0.392 e. The summed E-state index contributed by atoms with van der Waals surface area (Å²) in [6, 6.07) is 11.0. The fraction of sp³-hybridized carbons (Fsp3) is 0.647. The molecule has 0 aromatic heterocycles. The van der Waals surface area contributed by atoms with Crippen molar-refractivity contribution in [2.75, 3.05) is 6.54 Å². The fourth-order valence-electron chi connectivity index (χ4n) is 2.96. The number of hydrogen-bond acceptors (Lipinski definition) is 2. The smallest absolute Gasteiger partial charge is 0.0693 e. The Morgan fingerprint density at radius 3 is 2.68 bits per heavy atom. The minimum absolute atomic E-state index is 0.144. The summed E-state index contributed by atoms with van der Waals surface area (Å²) in [5.41, 5.74) is 1.41. The minimum Gasteiger partial charge on any atom is -0.392 e. The number of rotatable bonds is 5. The Morgan fingerprint density at radius 1 is 1.16 bits per heavy atom. The molecule has 0 aliphatic heterocycles. The zero-order valence-electron chi connectivity index (χ0n) is 12.0. The average Bonchev–Trinajstić information content (AvgIpc) is 2.65. The van der Waals surface area contributed by atoms with Gasteiger partial charge in [-0.25, -0.2) is 0 Å². The summed E-state index contributed by atoms with van der Waals surface area (Å²) >= 11 is 0. The molecule has 0 amide bonds. The van der Waals surface area contributed by atoms with Crippen molar-refractivity contribution in [3.63, 3.8) is 0 Å². The van der Waals surface area contributed by atoms with Gasteiger partial charge in [0.25, 0.3) is 0 Å². The van der Waals surface area contributed by atoms with Crippen LogP contribution in [0.3, 0.4) is 0 Å². The molecule has 3 atom stereocenters. The van der Waals surface area contributed by atoms with Crippen LogP contribution in [-0.2, 0) is 0 Å². The van der Waals surface area contributed by atoms with Crippen molar-refractivity contribution >= 4 is 0 Å². The van der Waals surface area contributed by atoms with E-state index >= 15 is 0 Å². The van der Waals surface area contributed by atoms with Crippen molar-refractivity contribution in [3.05, 3.63) is 35.9 Å². The standard InChI is InChI=1S/C17H27NO/c1-14(15-8-4-2-5-9-15)12-13-18-16-10-6-3-7-11-17(16)19/h2,4-5,8-9,14,16-19H,3,6-7,10-13H2,1H3. The molecule has 2 N–H and O–H groups in total. The lowest BCUT2D eigenvalue weighted by atomic mass is 9.97. The van der Waals surface area contributed by atoms with Gasteiger partial charge in [0.2, 0.25) is 0 Å². The summed E-state index contributed by atoms with van der Waals surface area (Å²) in [6.45, 7) is 3.28. The van der Waals surface area contributed by atoms with Crippen molar-refractivity contribution in [3.8, 4) is 0 Å². The number of aliphatic hydroxyl groups excluding tert-OH is 1. The van der Waals surface area contributed by atoms with Crippen LogP contribution in [0.5, 0.6) is 0 Å². The highest BCUT2D eigenvalue weighted by atomic mass is 16.3. The van der Waals surface area contributed by atoms with Gasteiger partial charge in [0, 0.05) is 6.04 Å². The van der Waals surface area contributed by atoms with E-state index in [-0.39, 0.29) is 6.10 Å². The van der Waals surface area contributed by atoms with Crippen molar-refractivity contribution in [2.45, 2.75) is 63.5 Å². The summed E-state index contributed by atoms with van der Waals surface area (Å²) in [6.07, 6.45) is 6.79. The first-order valence-corrected chi connectivity index (χ1v) is 7.74. The molecule has 1 aliphatic rings. The zero-order valence-corrected chi connectivity index (χ0v) is 12.0. The lowest BCUT2D eigenvalue weighted by molar-refractivity contribution is 0.120. The molecule has 2 heteroatoms. The van der Waals surface area contributed by atoms with Gasteiger partial charge in [0.15, 0.2) is 0 Å². The van der Waals surface area contributed by atoms with Crippen LogP contribution >= 0.6 is 0 Å². The molecule has 3 unspecified atom stereocenters. The quantitative estimate of drug-likeness (QED) is 0.796. The Balaban J connectivity index is 1.73. The summed E-state index contributed by atoms with van der Waals surface area (Å²) < 4.78 is 0. The summed E-state index contributed by atoms with van der Waals surface area (Å²) in [5.74, 6) is 0.580. The summed E-state index contributed by atoms with van der Waals surface area (Å²) in [7, 11) is 0. The molecule has 0 bridgehead atoms. The second-order valence-corrected chi connectivity index (χ2v) is 5.87. The van der Waals surface area contributed by atoms with Gasteiger partial charge < -0.3 is 10.4 Å². The third-order valence-corrected chi connectivity index (χ3v) is 4.33. The molecular weight excluding hydrogens is 234 g/mol. The Kier molecular flexibility index (Phi) is 5.87. The maximum Gasteiger partial charge on any atom is 0.0693 e. The van der Waals surface area contributed by atoms with Crippen molar-refractivity contribution in [1.82, 2.24) is 5.32 Å². The van der Waals surface area contributed by atoms with Gasteiger partial charge in [-0.05, 0) is 37.3 Å². The van der Waals surface area contributed by atoms with E-state index in [2.05, 4.69) is 42.6 Å². The number of hydrogen-bond donors (Lipinski definition) is 2. The average molecular weight is 261 g/mol. The van der Waals surface area contributed by atoms with E-state index in [1.165, 1.54) is 24.8 Å². The molecule has 19 heavy (non-hydrogen) atoms. The molecule has 1 saturated carbocycles. The van der Waals surface area contributed by atoms with Crippen LogP contribution in [0.4, 0.5) is 0 Å². The normalized spacial score (nSPS) is 25.8. The Morgan fingerprint density at radius 2 is 1.89 bits per heavy atom. The maximum atomic E-state index is 10.1. The molecule has 2 rings (SSSR count). The third-order valence-electron chi connectivity index (χ3n) is 4.33. The van der Waals surface area contributed by atoms with E-state index in [0.717, 1.165) is 25.8 Å². The summed E-state index contributed by atoms with van der Waals surface area (Å²) in [4.78, 5) is 0. The summed E-state index contributed by atoms with van der Waals surface area (Å²) in [5, 5.41) is 13.6. The van der Waals surface area contributed by atoms with Gasteiger partial charge in [0.05, 0.1) is 6.10 Å². The van der Waals surface area contributed by atoms with Gasteiger partial charge >= 0.3 is 0 Å². The van der Waals surface area contributed by atoms with Crippen LogP contribution < -0.4 is 5.32 Å². The molecule has 2 nitrogen and oxygen atoms in total. The number of aliphatic hydroxyl groups is 1. The zero-order chi connectivity index (χ0) is 13.5. The highest BCUT2D eigenvalue weighted by molar-refractivity contribution is 5.18. The molecule has 1 fully saturated rings. The Labute approximate surface area is 117 Å². The molecular formula is C17H27NO. The molecule has 0 saturated heterocycles. The first-order chi connectivity index (χ1) is 9.27. The van der Waals surface area contributed by atoms with Crippen LogP contribution in [0.2, 0.25) is 0 Å². The van der Waals surface area contributed by atoms with Crippen LogP contribution in [-0.4, -0.2) is 23.8 Å². The third kappa shape index (κ3) is 4.63. The van der Waals surface area contributed by atoms with Crippen LogP contribution in [0.25, 0.3) is 0 Å². The highest BCUT2D eigenvalue weighted by Crippen LogP contribution is 2.20. The second kappa shape index (κ2) is 7.66. The first-order valence-electron chi connectivity index (χ1n) is 7.74. The van der Waals surface area contributed by atoms with Crippen molar-refractivity contribution in [2.24, 2.45) is 0 Å². The SMILES string of the molecule is CC(CCNC1CCCCCC1O)c1ccccc1. The van der Waals surface area contributed by atoms with Gasteiger partial charge in [-0.2, -0.15) is 0 Å². The maximum absolute atomic E-state index is 10.1. The van der Waals surface area contributed by atoms with E-state index in [1.54, 1.807) is 0 Å². The molecule has 0 spiro atoms. The Bertz CT molecular complexity index is 352. The van der Waals surface area contributed by atoms with Crippen molar-refractivity contribution < 1.29 is 5.11 Å². The van der Waals surface area contributed by atoms with E-state index in [9.17, 15) is 5.11 Å². The highest BCUT2D eigenvalue weighted by Gasteiger charge is 2.20. The predicted octanol–water partition coefficient (Wildman–Crippen LogP) is 3.46. The second-order valence-electron chi connectivity index (χ2n) is 5.87. The predicted molar refractivity (Wildman–Crippen MR) is 80.4 cm³/mol. The number of benzene rings is 1. The van der Waals surface area contributed by atoms with Gasteiger partial charge in [-0.3, -0.25) is 0 Å². The van der Waals surface area contributed by atoms with E-state index in [0.29, 0.717) is 12.0 Å². The van der Waals surface area contributed by atoms with Crippen molar-refractivity contribution in [1.29, 1.82) is 0 Å².